The van der Waals surface area contributed by atoms with E-state index in [2.05, 4.69) is 15.3 Å². The van der Waals surface area contributed by atoms with Gasteiger partial charge in [0.15, 0.2) is 27.3 Å². The number of fused-ring (bicyclic) bond motifs is 2. The smallest absolute Gasteiger partial charge is 0.255 e. The molecule has 4 N–H and O–H groups in total. The van der Waals surface area contributed by atoms with Crippen molar-refractivity contribution < 1.29 is 37.3 Å². The summed E-state index contributed by atoms with van der Waals surface area (Å²) in [6.07, 6.45) is 0.470. The largest absolute Gasteiger partial charge is 0.387 e. The van der Waals surface area contributed by atoms with Crippen molar-refractivity contribution in [2.75, 3.05) is 5.32 Å². The minimum absolute atomic E-state index is 0.00360. The van der Waals surface area contributed by atoms with Gasteiger partial charge in [0.25, 0.3) is 5.91 Å². The van der Waals surface area contributed by atoms with E-state index in [0.717, 1.165) is 24.3 Å². The van der Waals surface area contributed by atoms with Crippen LogP contribution in [0, 0.1) is 23.5 Å². The van der Waals surface area contributed by atoms with Crippen molar-refractivity contribution in [3.8, 4) is 0 Å². The average molecular weight is 594 g/mol. The number of hydrogen-bond donors (Lipinski definition) is 4. The molecule has 4 atom stereocenters. The highest BCUT2D eigenvalue weighted by Gasteiger charge is 2.60. The van der Waals surface area contributed by atoms with Crippen LogP contribution in [0.3, 0.4) is 0 Å². The zero-order valence-electron chi connectivity index (χ0n) is 20.9. The molecule has 2 bridgehead atoms. The van der Waals surface area contributed by atoms with Crippen LogP contribution < -0.4 is 5.32 Å². The second kappa shape index (κ2) is 10.7. The molecule has 1 aromatic heterocycles. The topological polar surface area (TPSA) is 150 Å². The van der Waals surface area contributed by atoms with Crippen LogP contribution in [-0.2, 0) is 9.84 Å². The fraction of sp³-hybridized carbons (Fsp3) is 0.370. The first-order valence-electron chi connectivity index (χ1n) is 12.6. The molecule has 1 amide bonds. The predicted octanol–water partition coefficient (Wildman–Crippen LogP) is 3.45. The number of carbonyl (C=O) groups excluding carboxylic acids is 1. The standard InChI is InChI=1S/C27H26ClF2N3O6S/c28-19-6-2-14(26(36)33-17-5-7-20(29)21(30)13-17)10-22(19)40(38,39)18-11-15-3-4-16(12-18)27(15,37)24(35)23(34)25-31-8-1-9-32-25/h1-2,5-10,13,15-16,18,23-24,34-35,37H,3-4,11-12H2,(H,33,36)/t15?,16?,18-,23?,24?,27-. The van der Waals surface area contributed by atoms with Crippen molar-refractivity contribution in [2.45, 2.75) is 53.6 Å². The number of carbonyl (C=O) groups is 1. The van der Waals surface area contributed by atoms with Gasteiger partial charge < -0.3 is 20.6 Å². The number of nitrogens with zero attached hydrogens (tertiary/aromatic N) is 2. The SMILES string of the molecule is O=C(Nc1ccc(F)c(F)c1)c1ccc(Cl)c(S(=O)(=O)[C@H]2CC3CCC(C2)[C@]3(O)C(O)C(O)c2ncccn2)c1. The molecule has 0 aliphatic heterocycles. The number of sulfone groups is 1. The Hall–Kier alpha value is -3.03. The molecule has 5 rings (SSSR count). The van der Waals surface area contributed by atoms with E-state index in [0.29, 0.717) is 12.8 Å². The van der Waals surface area contributed by atoms with Crippen molar-refractivity contribution in [1.29, 1.82) is 0 Å². The minimum atomic E-state index is -4.11. The molecule has 40 heavy (non-hydrogen) atoms. The van der Waals surface area contributed by atoms with Gasteiger partial charge in [-0.1, -0.05) is 11.6 Å². The Morgan fingerprint density at radius 3 is 2.30 bits per heavy atom. The summed E-state index contributed by atoms with van der Waals surface area (Å²) in [7, 11) is -4.11. The van der Waals surface area contributed by atoms with Gasteiger partial charge in [0.1, 0.15) is 12.2 Å². The summed E-state index contributed by atoms with van der Waals surface area (Å²) >= 11 is 6.27. The predicted molar refractivity (Wildman–Crippen MR) is 140 cm³/mol. The van der Waals surface area contributed by atoms with Crippen molar-refractivity contribution in [1.82, 2.24) is 9.97 Å². The summed E-state index contributed by atoms with van der Waals surface area (Å²) in [5.41, 5.74) is -1.84. The summed E-state index contributed by atoms with van der Waals surface area (Å²) in [4.78, 5) is 20.4. The molecular formula is C27H26ClF2N3O6S. The number of nitrogens with one attached hydrogen (secondary N) is 1. The molecule has 2 saturated carbocycles. The van der Waals surface area contributed by atoms with E-state index in [4.69, 9.17) is 11.6 Å². The molecule has 2 aliphatic carbocycles. The maximum atomic E-state index is 13.8. The van der Waals surface area contributed by atoms with Crippen LogP contribution >= 0.6 is 11.6 Å². The zero-order valence-corrected chi connectivity index (χ0v) is 22.5. The van der Waals surface area contributed by atoms with Crippen LogP contribution in [0.2, 0.25) is 5.02 Å². The third-order valence-electron chi connectivity index (χ3n) is 8.01. The fourth-order valence-corrected chi connectivity index (χ4v) is 8.36. The second-order valence-electron chi connectivity index (χ2n) is 10.2. The van der Waals surface area contributed by atoms with Crippen molar-refractivity contribution in [3.63, 3.8) is 0 Å². The van der Waals surface area contributed by atoms with Gasteiger partial charge >= 0.3 is 0 Å². The third kappa shape index (κ3) is 4.99. The van der Waals surface area contributed by atoms with Crippen molar-refractivity contribution >= 4 is 33.0 Å². The zero-order chi connectivity index (χ0) is 28.8. The molecule has 0 saturated heterocycles. The lowest BCUT2D eigenvalue weighted by molar-refractivity contribution is -0.178. The monoisotopic (exact) mass is 593 g/mol. The number of hydrogen-bond acceptors (Lipinski definition) is 8. The Kier molecular flexibility index (Phi) is 7.66. The number of aliphatic hydroxyl groups is 3. The lowest BCUT2D eigenvalue weighted by atomic mass is 9.69. The van der Waals surface area contributed by atoms with E-state index < -0.39 is 62.3 Å². The van der Waals surface area contributed by atoms with Gasteiger partial charge in [-0.25, -0.2) is 27.2 Å². The number of anilines is 1. The maximum Gasteiger partial charge on any atom is 0.255 e. The van der Waals surface area contributed by atoms with Crippen LogP contribution in [0.5, 0.6) is 0 Å². The van der Waals surface area contributed by atoms with Gasteiger partial charge in [-0.2, -0.15) is 0 Å². The molecule has 3 aromatic rings. The number of halogens is 3. The Bertz CT molecular complexity index is 1530. The minimum Gasteiger partial charge on any atom is -0.387 e. The fourth-order valence-electron chi connectivity index (χ4n) is 5.96. The molecule has 9 nitrogen and oxygen atoms in total. The van der Waals surface area contributed by atoms with Gasteiger partial charge in [0.2, 0.25) is 0 Å². The van der Waals surface area contributed by atoms with E-state index in [1.807, 2.05) is 0 Å². The van der Waals surface area contributed by atoms with Gasteiger partial charge in [-0.05, 0) is 73.9 Å². The quantitative estimate of drug-likeness (QED) is 0.325. The first-order chi connectivity index (χ1) is 18.9. The van der Waals surface area contributed by atoms with E-state index >= 15 is 0 Å². The van der Waals surface area contributed by atoms with Crippen LogP contribution in [-0.4, -0.2) is 56.6 Å². The van der Waals surface area contributed by atoms with Gasteiger partial charge in [0.05, 0.1) is 20.8 Å². The molecule has 4 unspecified atom stereocenters. The number of amides is 1. The highest BCUT2D eigenvalue weighted by Crippen LogP contribution is 2.55. The van der Waals surface area contributed by atoms with Crippen LogP contribution in [0.15, 0.2) is 59.8 Å². The van der Waals surface area contributed by atoms with Crippen LogP contribution in [0.25, 0.3) is 0 Å². The lowest BCUT2D eigenvalue weighted by Crippen LogP contribution is -2.57. The van der Waals surface area contributed by atoms with E-state index in [-0.39, 0.29) is 39.8 Å². The molecule has 1 heterocycles. The number of aliphatic hydroxyl groups excluding tert-OH is 2. The number of rotatable bonds is 7. The van der Waals surface area contributed by atoms with Gasteiger partial charge in [0, 0.05) is 29.7 Å². The molecule has 2 aromatic carbocycles. The molecule has 0 radical (unpaired) electrons. The number of benzene rings is 2. The van der Waals surface area contributed by atoms with Crippen LogP contribution in [0.4, 0.5) is 14.5 Å². The maximum absolute atomic E-state index is 13.8. The lowest BCUT2D eigenvalue weighted by Gasteiger charge is -2.46. The van der Waals surface area contributed by atoms with Crippen molar-refractivity contribution in [2.24, 2.45) is 11.8 Å². The Balaban J connectivity index is 1.37. The molecule has 13 heteroatoms. The molecule has 2 aliphatic rings. The summed E-state index contributed by atoms with van der Waals surface area (Å²) in [6.45, 7) is 0. The number of aromatic nitrogens is 2. The Morgan fingerprint density at radius 1 is 1.02 bits per heavy atom. The summed E-state index contributed by atoms with van der Waals surface area (Å²) in [5.74, 6) is -4.32. The Morgan fingerprint density at radius 2 is 1.68 bits per heavy atom. The Labute approximate surface area is 233 Å². The normalized spacial score (nSPS) is 25.8. The highest BCUT2D eigenvalue weighted by molar-refractivity contribution is 7.92. The molecular weight excluding hydrogens is 568 g/mol. The van der Waals surface area contributed by atoms with E-state index in [1.54, 1.807) is 6.07 Å². The average Bonchev–Trinajstić information content (AvgIpc) is 3.10. The van der Waals surface area contributed by atoms with E-state index in [9.17, 15) is 37.3 Å². The molecule has 0 spiro atoms. The van der Waals surface area contributed by atoms with Crippen molar-refractivity contribution in [3.05, 3.63) is 82.9 Å². The summed E-state index contributed by atoms with van der Waals surface area (Å²) in [6, 6.07) is 8.06. The summed E-state index contributed by atoms with van der Waals surface area (Å²) in [5, 5.41) is 34.6. The van der Waals surface area contributed by atoms with E-state index in [1.165, 1.54) is 24.5 Å². The first kappa shape index (κ1) is 28.5. The highest BCUT2D eigenvalue weighted by atomic mass is 35.5. The third-order valence-corrected chi connectivity index (χ3v) is 10.7. The molecule has 2 fully saturated rings. The second-order valence-corrected chi connectivity index (χ2v) is 12.8. The van der Waals surface area contributed by atoms with Crippen LogP contribution in [0.1, 0.15) is 48.0 Å². The molecule has 212 valence electrons. The first-order valence-corrected chi connectivity index (χ1v) is 14.5. The van der Waals surface area contributed by atoms with Gasteiger partial charge in [-0.3, -0.25) is 4.79 Å². The van der Waals surface area contributed by atoms with Gasteiger partial charge in [-0.15, -0.1) is 0 Å². The summed E-state index contributed by atoms with van der Waals surface area (Å²) < 4.78 is 54.3.